The Morgan fingerprint density at radius 1 is 1.14 bits per heavy atom. The molecule has 0 aliphatic carbocycles. The van der Waals surface area contributed by atoms with Gasteiger partial charge in [0.25, 0.3) is 5.56 Å². The fraction of sp³-hybridized carbons (Fsp3) is 0.227. The lowest BCUT2D eigenvalue weighted by Crippen LogP contribution is -2.35. The molecule has 0 unspecified atom stereocenters. The van der Waals surface area contributed by atoms with Crippen LogP contribution in [0, 0.1) is 6.92 Å². The third kappa shape index (κ3) is 3.19. The van der Waals surface area contributed by atoms with Crippen molar-refractivity contribution in [2.75, 3.05) is 12.3 Å². The number of H-pyrrole nitrogens is 1. The summed E-state index contributed by atoms with van der Waals surface area (Å²) in [5.74, 6) is 1.57. The Balaban J connectivity index is 1.42. The molecule has 0 atom stereocenters. The minimum Gasteiger partial charge on any atom is -0.399 e. The maximum absolute atomic E-state index is 12.8. The summed E-state index contributed by atoms with van der Waals surface area (Å²) in [6.07, 6.45) is 2.77. The number of nitrogens with two attached hydrogens (primary N) is 1. The quantitative estimate of drug-likeness (QED) is 0.528. The van der Waals surface area contributed by atoms with Crippen molar-refractivity contribution >= 4 is 11.2 Å². The number of aryl methyl sites for hydroxylation is 1. The fourth-order valence-corrected chi connectivity index (χ4v) is 3.99. The average molecular weight is 386 g/mol. The molecule has 0 spiro atoms. The van der Waals surface area contributed by atoms with Crippen LogP contribution in [0.25, 0.3) is 16.9 Å². The molecule has 7 nitrogen and oxygen atoms in total. The van der Waals surface area contributed by atoms with E-state index in [4.69, 9.17) is 15.7 Å². The van der Waals surface area contributed by atoms with Crippen LogP contribution in [-0.2, 0) is 19.5 Å². The highest BCUT2D eigenvalue weighted by atomic mass is 16.1. The summed E-state index contributed by atoms with van der Waals surface area (Å²) in [5, 5.41) is 0. The molecule has 3 N–H and O–H groups in total. The van der Waals surface area contributed by atoms with Gasteiger partial charge in [-0.2, -0.15) is 0 Å². The van der Waals surface area contributed by atoms with Crippen LogP contribution in [0.1, 0.15) is 22.8 Å². The molecule has 146 valence electrons. The first kappa shape index (κ1) is 17.6. The summed E-state index contributed by atoms with van der Waals surface area (Å²) in [6.45, 7) is 4.13. The summed E-state index contributed by atoms with van der Waals surface area (Å²) >= 11 is 0. The molecule has 0 fully saturated rings. The van der Waals surface area contributed by atoms with Crippen LogP contribution >= 0.6 is 0 Å². The Morgan fingerprint density at radius 2 is 1.97 bits per heavy atom. The molecular weight excluding hydrogens is 364 g/mol. The van der Waals surface area contributed by atoms with Gasteiger partial charge in [0.2, 0.25) is 0 Å². The van der Waals surface area contributed by atoms with Gasteiger partial charge < -0.3 is 15.1 Å². The molecule has 4 aromatic rings. The number of benzene rings is 1. The molecule has 7 heteroatoms. The summed E-state index contributed by atoms with van der Waals surface area (Å²) in [7, 11) is 0. The predicted molar refractivity (Wildman–Crippen MR) is 112 cm³/mol. The Hall–Kier alpha value is -3.45. The van der Waals surface area contributed by atoms with Crippen molar-refractivity contribution in [1.82, 2.24) is 24.3 Å². The van der Waals surface area contributed by atoms with Crippen LogP contribution in [0.5, 0.6) is 0 Å². The SMILES string of the molecule is Cc1nc(CN2CCc3nc(-c4ccc(N)cc4)[nH]c(=O)c3C2)c2ccccn12. The van der Waals surface area contributed by atoms with Gasteiger partial charge in [-0.25, -0.2) is 9.97 Å². The van der Waals surface area contributed by atoms with E-state index in [0.29, 0.717) is 24.6 Å². The van der Waals surface area contributed by atoms with Crippen molar-refractivity contribution < 1.29 is 0 Å². The van der Waals surface area contributed by atoms with Crippen LogP contribution in [0.4, 0.5) is 5.69 Å². The van der Waals surface area contributed by atoms with E-state index in [2.05, 4.69) is 20.4 Å². The number of imidazole rings is 1. The highest BCUT2D eigenvalue weighted by Gasteiger charge is 2.23. The second-order valence-corrected chi connectivity index (χ2v) is 7.48. The smallest absolute Gasteiger partial charge is 0.255 e. The van der Waals surface area contributed by atoms with Crippen molar-refractivity contribution in [3.8, 4) is 11.4 Å². The van der Waals surface area contributed by atoms with Gasteiger partial charge in [0.15, 0.2) is 0 Å². The van der Waals surface area contributed by atoms with Gasteiger partial charge in [-0.1, -0.05) is 6.07 Å². The normalized spacial score (nSPS) is 14.2. The topological polar surface area (TPSA) is 92.3 Å². The highest BCUT2D eigenvalue weighted by molar-refractivity contribution is 5.59. The number of nitrogens with one attached hydrogen (secondary N) is 1. The zero-order valence-electron chi connectivity index (χ0n) is 16.2. The lowest BCUT2D eigenvalue weighted by molar-refractivity contribution is 0.240. The van der Waals surface area contributed by atoms with Gasteiger partial charge in [-0.15, -0.1) is 0 Å². The predicted octanol–water partition coefficient (Wildman–Crippen LogP) is 2.53. The number of aromatic amines is 1. The van der Waals surface area contributed by atoms with Gasteiger partial charge >= 0.3 is 0 Å². The number of fused-ring (bicyclic) bond motifs is 2. The number of hydrogen-bond acceptors (Lipinski definition) is 5. The van der Waals surface area contributed by atoms with Crippen molar-refractivity contribution in [3.05, 3.63) is 81.8 Å². The molecule has 4 heterocycles. The zero-order valence-corrected chi connectivity index (χ0v) is 16.2. The van der Waals surface area contributed by atoms with E-state index >= 15 is 0 Å². The molecule has 5 rings (SSSR count). The number of pyridine rings is 1. The van der Waals surface area contributed by atoms with E-state index in [1.165, 1.54) is 0 Å². The van der Waals surface area contributed by atoms with E-state index in [1.54, 1.807) is 0 Å². The monoisotopic (exact) mass is 386 g/mol. The number of aromatic nitrogens is 4. The van der Waals surface area contributed by atoms with Crippen LogP contribution in [0.3, 0.4) is 0 Å². The maximum atomic E-state index is 12.8. The molecule has 0 saturated carbocycles. The lowest BCUT2D eigenvalue weighted by Gasteiger charge is -2.27. The molecular formula is C22H22N6O. The van der Waals surface area contributed by atoms with Crippen molar-refractivity contribution in [3.63, 3.8) is 0 Å². The van der Waals surface area contributed by atoms with Crippen LogP contribution in [0.15, 0.2) is 53.5 Å². The zero-order chi connectivity index (χ0) is 20.0. The van der Waals surface area contributed by atoms with E-state index in [1.807, 2.05) is 49.5 Å². The van der Waals surface area contributed by atoms with Crippen molar-refractivity contribution in [2.45, 2.75) is 26.4 Å². The second kappa shape index (κ2) is 6.86. The second-order valence-electron chi connectivity index (χ2n) is 7.48. The maximum Gasteiger partial charge on any atom is 0.255 e. The minimum atomic E-state index is -0.0718. The summed E-state index contributed by atoms with van der Waals surface area (Å²) in [5.41, 5.74) is 11.0. The minimum absolute atomic E-state index is 0.0718. The van der Waals surface area contributed by atoms with Crippen molar-refractivity contribution in [2.24, 2.45) is 0 Å². The number of rotatable bonds is 3. The first-order valence-corrected chi connectivity index (χ1v) is 9.71. The molecule has 29 heavy (non-hydrogen) atoms. The molecule has 3 aromatic heterocycles. The van der Waals surface area contributed by atoms with E-state index in [-0.39, 0.29) is 5.56 Å². The highest BCUT2D eigenvalue weighted by Crippen LogP contribution is 2.22. The number of nitrogen functional groups attached to an aromatic ring is 1. The Kier molecular flexibility index (Phi) is 4.17. The van der Waals surface area contributed by atoms with Gasteiger partial charge in [-0.3, -0.25) is 9.69 Å². The number of nitrogens with zero attached hydrogens (tertiary/aromatic N) is 4. The van der Waals surface area contributed by atoms with Crippen LogP contribution < -0.4 is 11.3 Å². The number of hydrogen-bond donors (Lipinski definition) is 2. The van der Waals surface area contributed by atoms with Gasteiger partial charge in [0.05, 0.1) is 22.5 Å². The Bertz CT molecular complexity index is 1250. The van der Waals surface area contributed by atoms with E-state index < -0.39 is 0 Å². The first-order chi connectivity index (χ1) is 14.1. The summed E-state index contributed by atoms with van der Waals surface area (Å²) < 4.78 is 2.10. The average Bonchev–Trinajstić information content (AvgIpc) is 3.04. The van der Waals surface area contributed by atoms with E-state index in [0.717, 1.165) is 46.8 Å². The molecule has 1 aromatic carbocycles. The van der Waals surface area contributed by atoms with Crippen LogP contribution in [0.2, 0.25) is 0 Å². The fourth-order valence-electron chi connectivity index (χ4n) is 3.99. The summed E-state index contributed by atoms with van der Waals surface area (Å²) in [6, 6.07) is 13.5. The number of anilines is 1. The molecule has 0 saturated heterocycles. The molecule has 1 aliphatic heterocycles. The van der Waals surface area contributed by atoms with Gasteiger partial charge in [0, 0.05) is 43.5 Å². The van der Waals surface area contributed by atoms with Gasteiger partial charge in [-0.05, 0) is 43.3 Å². The standard InChI is InChI=1S/C22H22N6O/c1-14-24-19(20-4-2-3-10-28(14)20)13-27-11-9-18-17(12-27)22(29)26-21(25-18)15-5-7-16(23)8-6-15/h2-8,10H,9,11-13,23H2,1H3,(H,25,26,29). The lowest BCUT2D eigenvalue weighted by atomic mass is 10.1. The van der Waals surface area contributed by atoms with Crippen molar-refractivity contribution in [1.29, 1.82) is 0 Å². The molecule has 0 amide bonds. The van der Waals surface area contributed by atoms with E-state index in [9.17, 15) is 4.79 Å². The van der Waals surface area contributed by atoms with Gasteiger partial charge in [0.1, 0.15) is 11.6 Å². The first-order valence-electron chi connectivity index (χ1n) is 9.71. The Morgan fingerprint density at radius 3 is 2.79 bits per heavy atom. The van der Waals surface area contributed by atoms with Crippen LogP contribution in [-0.4, -0.2) is 30.8 Å². The molecule has 1 aliphatic rings. The third-order valence-electron chi connectivity index (χ3n) is 5.51. The summed E-state index contributed by atoms with van der Waals surface area (Å²) in [4.78, 5) is 27.4. The largest absolute Gasteiger partial charge is 0.399 e. The molecule has 0 bridgehead atoms. The Labute approximate surface area is 167 Å². The third-order valence-corrected chi connectivity index (χ3v) is 5.51. The molecule has 0 radical (unpaired) electrons.